The largest absolute Gasteiger partial charge is 0.480 e. The lowest BCUT2D eigenvalue weighted by Crippen LogP contribution is -2.50. The molecular weight excluding hydrogens is 444 g/mol. The quantitative estimate of drug-likeness (QED) is 0.347. The van der Waals surface area contributed by atoms with E-state index >= 15 is 0 Å². The Balaban J connectivity index is 1.47. The van der Waals surface area contributed by atoms with Gasteiger partial charge in [-0.2, -0.15) is 0 Å². The number of carboxylic acids is 1. The summed E-state index contributed by atoms with van der Waals surface area (Å²) in [6.07, 6.45) is 8.48. The van der Waals surface area contributed by atoms with Crippen LogP contribution in [0, 0.1) is 11.8 Å². The molecule has 0 aromatic carbocycles. The van der Waals surface area contributed by atoms with Crippen molar-refractivity contribution >= 4 is 17.7 Å². The molecule has 1 aliphatic carbocycles. The first-order chi connectivity index (χ1) is 16.9. The molecule has 1 atom stereocenters. The lowest BCUT2D eigenvalue weighted by molar-refractivity contribution is -0.143. The zero-order valence-corrected chi connectivity index (χ0v) is 21.7. The van der Waals surface area contributed by atoms with E-state index < -0.39 is 12.0 Å². The Morgan fingerprint density at radius 3 is 2.71 bits per heavy atom. The van der Waals surface area contributed by atoms with Crippen molar-refractivity contribution in [2.45, 2.75) is 83.7 Å². The van der Waals surface area contributed by atoms with Gasteiger partial charge in [-0.25, -0.2) is 9.78 Å². The monoisotopic (exact) mass is 488 g/mol. The molecule has 3 rings (SSSR count). The van der Waals surface area contributed by atoms with Crippen molar-refractivity contribution in [2.75, 3.05) is 38.7 Å². The zero-order valence-electron chi connectivity index (χ0n) is 21.7. The molecule has 2 aliphatic rings. The van der Waals surface area contributed by atoms with Crippen LogP contribution in [0.5, 0.6) is 0 Å². The molecule has 35 heavy (non-hydrogen) atoms. The van der Waals surface area contributed by atoms with Crippen LogP contribution in [0.1, 0.15) is 70.1 Å². The van der Waals surface area contributed by atoms with Gasteiger partial charge in [-0.1, -0.05) is 19.9 Å². The zero-order chi connectivity index (χ0) is 25.2. The number of anilines is 1. The minimum Gasteiger partial charge on any atom is -0.480 e. The van der Waals surface area contributed by atoms with E-state index in [1.165, 1.54) is 12.0 Å². The second-order valence-corrected chi connectivity index (χ2v) is 10.1. The van der Waals surface area contributed by atoms with E-state index in [2.05, 4.69) is 27.7 Å². The molecule has 0 radical (unpaired) electrons. The summed E-state index contributed by atoms with van der Waals surface area (Å²) < 4.78 is 5.31. The molecule has 1 unspecified atom stereocenters. The molecule has 1 amide bonds. The smallest absolute Gasteiger partial charge is 0.326 e. The lowest BCUT2D eigenvalue weighted by Gasteiger charge is -2.43. The molecule has 1 aromatic heterocycles. The summed E-state index contributed by atoms with van der Waals surface area (Å²) in [7, 11) is 1.69. The summed E-state index contributed by atoms with van der Waals surface area (Å²) in [5.74, 6) is 0.486. The second kappa shape index (κ2) is 13.8. The highest BCUT2D eigenvalue weighted by Gasteiger charge is 2.34. The molecule has 3 N–H and O–H groups in total. The fraction of sp³-hybridized carbons (Fsp3) is 0.741. The van der Waals surface area contributed by atoms with Gasteiger partial charge in [0.2, 0.25) is 5.91 Å². The van der Waals surface area contributed by atoms with E-state index in [4.69, 9.17) is 9.72 Å². The van der Waals surface area contributed by atoms with Crippen LogP contribution in [0.3, 0.4) is 0 Å². The summed E-state index contributed by atoms with van der Waals surface area (Å²) in [6, 6.07) is 3.99. The molecule has 8 nitrogen and oxygen atoms in total. The van der Waals surface area contributed by atoms with Crippen molar-refractivity contribution in [2.24, 2.45) is 11.8 Å². The summed E-state index contributed by atoms with van der Waals surface area (Å²) in [6.45, 7) is 6.96. The minimum atomic E-state index is -0.963. The topological polar surface area (TPSA) is 104 Å². The van der Waals surface area contributed by atoms with E-state index in [0.29, 0.717) is 31.5 Å². The van der Waals surface area contributed by atoms with Crippen LogP contribution in [0.25, 0.3) is 0 Å². The van der Waals surface area contributed by atoms with Gasteiger partial charge in [0, 0.05) is 44.4 Å². The molecule has 1 saturated carbocycles. The molecule has 1 aromatic rings. The van der Waals surface area contributed by atoms with Crippen LogP contribution < -0.4 is 10.6 Å². The SMILES string of the molecule is CCC(CC)C(=O)NC(CCN(CCOC)C1CC(CCc2ccc3c(n2)NCCC3)C1)C(=O)O. The lowest BCUT2D eigenvalue weighted by atomic mass is 9.76. The van der Waals surface area contributed by atoms with E-state index in [1.807, 2.05) is 13.8 Å². The van der Waals surface area contributed by atoms with Crippen LogP contribution >= 0.6 is 0 Å². The third-order valence-corrected chi connectivity index (χ3v) is 7.75. The first-order valence-electron chi connectivity index (χ1n) is 13.4. The highest BCUT2D eigenvalue weighted by Crippen LogP contribution is 2.35. The van der Waals surface area contributed by atoms with Gasteiger partial charge in [0.25, 0.3) is 0 Å². The van der Waals surface area contributed by atoms with E-state index in [9.17, 15) is 14.7 Å². The molecule has 1 fully saturated rings. The number of pyridine rings is 1. The number of carbonyl (C=O) groups is 2. The Kier molecular flexibility index (Phi) is 10.8. The van der Waals surface area contributed by atoms with Crippen molar-refractivity contribution in [1.82, 2.24) is 15.2 Å². The average molecular weight is 489 g/mol. The maximum atomic E-state index is 12.4. The Labute approximate surface area is 210 Å². The Bertz CT molecular complexity index is 823. The van der Waals surface area contributed by atoms with Crippen LogP contribution in [-0.2, 0) is 27.2 Å². The highest BCUT2D eigenvalue weighted by atomic mass is 16.5. The summed E-state index contributed by atoms with van der Waals surface area (Å²) in [5.41, 5.74) is 2.49. The van der Waals surface area contributed by atoms with Gasteiger partial charge < -0.3 is 20.5 Å². The van der Waals surface area contributed by atoms with Crippen molar-refractivity contribution in [3.05, 3.63) is 23.4 Å². The number of carbonyl (C=O) groups excluding carboxylic acids is 1. The number of nitrogens with zero attached hydrogens (tertiary/aromatic N) is 2. The molecule has 1 aliphatic heterocycles. The summed E-state index contributed by atoms with van der Waals surface area (Å²) in [4.78, 5) is 31.4. The van der Waals surface area contributed by atoms with Crippen molar-refractivity contribution in [3.8, 4) is 0 Å². The summed E-state index contributed by atoms with van der Waals surface area (Å²) in [5, 5.41) is 15.9. The average Bonchev–Trinajstić information content (AvgIpc) is 2.83. The number of carboxylic acid groups (broad SMARTS) is 1. The van der Waals surface area contributed by atoms with Crippen LogP contribution in [0.15, 0.2) is 12.1 Å². The Hall–Kier alpha value is -2.19. The Morgan fingerprint density at radius 1 is 1.26 bits per heavy atom. The van der Waals surface area contributed by atoms with Gasteiger partial charge >= 0.3 is 5.97 Å². The van der Waals surface area contributed by atoms with E-state index in [-0.39, 0.29) is 11.8 Å². The first kappa shape index (κ1) is 27.4. The first-order valence-corrected chi connectivity index (χ1v) is 13.4. The number of ether oxygens (including phenoxy) is 1. The fourth-order valence-corrected chi connectivity index (χ4v) is 5.28. The maximum absolute atomic E-state index is 12.4. The highest BCUT2D eigenvalue weighted by molar-refractivity contribution is 5.84. The second-order valence-electron chi connectivity index (χ2n) is 10.1. The predicted octanol–water partition coefficient (Wildman–Crippen LogP) is 3.50. The van der Waals surface area contributed by atoms with Crippen molar-refractivity contribution in [1.29, 1.82) is 0 Å². The number of methoxy groups -OCH3 is 1. The normalized spacial score (nSPS) is 20.1. The van der Waals surface area contributed by atoms with Crippen LogP contribution in [-0.4, -0.2) is 72.3 Å². The number of aromatic nitrogens is 1. The fourth-order valence-electron chi connectivity index (χ4n) is 5.28. The number of aryl methyl sites for hydroxylation is 2. The molecular formula is C27H44N4O4. The van der Waals surface area contributed by atoms with Crippen LogP contribution in [0.4, 0.5) is 5.82 Å². The number of aliphatic carboxylic acids is 1. The van der Waals surface area contributed by atoms with E-state index in [1.54, 1.807) is 7.11 Å². The number of hydrogen-bond donors (Lipinski definition) is 3. The van der Waals surface area contributed by atoms with Crippen molar-refractivity contribution in [3.63, 3.8) is 0 Å². The van der Waals surface area contributed by atoms with Gasteiger partial charge in [0.1, 0.15) is 11.9 Å². The third kappa shape index (κ3) is 7.90. The molecule has 0 spiro atoms. The van der Waals surface area contributed by atoms with Gasteiger partial charge in [0.05, 0.1) is 6.61 Å². The summed E-state index contributed by atoms with van der Waals surface area (Å²) >= 11 is 0. The maximum Gasteiger partial charge on any atom is 0.326 e. The molecule has 0 saturated heterocycles. The number of fused-ring (bicyclic) bond motifs is 1. The molecule has 0 bridgehead atoms. The van der Waals surface area contributed by atoms with E-state index in [0.717, 1.165) is 69.5 Å². The minimum absolute atomic E-state index is 0.130. The van der Waals surface area contributed by atoms with Gasteiger partial charge in [-0.05, 0) is 75.3 Å². The van der Waals surface area contributed by atoms with Gasteiger partial charge in [-0.3, -0.25) is 9.69 Å². The van der Waals surface area contributed by atoms with Gasteiger partial charge in [-0.15, -0.1) is 0 Å². The molecule has 2 heterocycles. The predicted molar refractivity (Wildman–Crippen MR) is 138 cm³/mol. The standard InChI is InChI=1S/C27H44N4O4/c1-4-20(5-2)26(32)30-24(27(33)34)12-14-31(15-16-35-3)23-17-19(18-23)8-10-22-11-9-21-7-6-13-28-25(21)29-22/h9,11,19-20,23-24H,4-8,10,12-18H2,1-3H3,(H,28,29)(H,30,32)(H,33,34). The number of nitrogens with one attached hydrogen (secondary N) is 2. The molecule has 8 heteroatoms. The third-order valence-electron chi connectivity index (χ3n) is 7.75. The number of hydrogen-bond acceptors (Lipinski definition) is 6. The molecule has 196 valence electrons. The Morgan fingerprint density at radius 2 is 2.03 bits per heavy atom. The van der Waals surface area contributed by atoms with Crippen LogP contribution in [0.2, 0.25) is 0 Å². The van der Waals surface area contributed by atoms with Crippen molar-refractivity contribution < 1.29 is 19.4 Å². The van der Waals surface area contributed by atoms with Gasteiger partial charge in [0.15, 0.2) is 0 Å². The number of amides is 1. The number of rotatable bonds is 15.